The lowest BCUT2D eigenvalue weighted by molar-refractivity contribution is 0.483. The highest BCUT2D eigenvalue weighted by Crippen LogP contribution is 2.56. The zero-order valence-corrected chi connectivity index (χ0v) is 75.9. The lowest BCUT2D eigenvalue weighted by atomic mass is 9.82. The van der Waals surface area contributed by atoms with Crippen LogP contribution in [-0.4, -0.2) is 4.98 Å². The molecule has 20 aromatic rings. The molecule has 1 aromatic heterocycles. The Morgan fingerprint density at radius 2 is 0.410 bits per heavy atom. The van der Waals surface area contributed by atoms with Crippen LogP contribution >= 0.6 is 0 Å². The molecule has 0 N–H and O–H groups in total. The molecule has 0 saturated carbocycles. The van der Waals surface area contributed by atoms with Gasteiger partial charge in [-0.15, -0.1) is 0 Å². The number of anilines is 9. The molecular weight excluding hydrogens is 1630 g/mol. The third kappa shape index (κ3) is 16.6. The summed E-state index contributed by atoms with van der Waals surface area (Å²) in [5.41, 5.74) is 39.3. The van der Waals surface area contributed by atoms with E-state index < -0.39 is 0 Å². The van der Waals surface area contributed by atoms with Crippen molar-refractivity contribution in [3.05, 3.63) is 531 Å². The molecule has 0 bridgehead atoms. The van der Waals surface area contributed by atoms with Crippen LogP contribution in [0.25, 0.3) is 100 Å². The molecule has 19 aromatic carbocycles. The van der Waals surface area contributed by atoms with Gasteiger partial charge in [0, 0.05) is 68.5 Å². The summed E-state index contributed by atoms with van der Waals surface area (Å²) in [7, 11) is 0. The van der Waals surface area contributed by atoms with Crippen molar-refractivity contribution < 1.29 is 9.47 Å². The second-order valence-electron chi connectivity index (χ2n) is 36.2. The van der Waals surface area contributed by atoms with Crippen LogP contribution in [0, 0.1) is 0 Å². The SMILES string of the molecule is CC1(C)c2ccccc2-c2ccc(N(c3ccc(-c4ccccc4)cc3)c3ccc(-c4ccccc4)cc3Oc3ccccc3)cc21.CC1(C)c2ccccc2-c2ccc(N(c3ccc(-c4ccccc4)cc3)c3ccc(-c4ccccc4)cc3Oc3ccccc3)cc21.CC1(C)c2ccccc2-c2ccc(N(c3ccc(-c4ccccc4)cc3)c3ccc(-c4cccnc4)cc3)cc21. The molecule has 0 radical (unpaired) electrons. The maximum absolute atomic E-state index is 6.73. The highest BCUT2D eigenvalue weighted by molar-refractivity contribution is 5.93. The predicted molar refractivity (Wildman–Crippen MR) is 560 cm³/mol. The van der Waals surface area contributed by atoms with Crippen LogP contribution < -0.4 is 24.2 Å². The number of hydrogen-bond donors (Lipinski definition) is 0. The minimum absolute atomic E-state index is 0.0606. The van der Waals surface area contributed by atoms with E-state index in [1.54, 1.807) is 0 Å². The van der Waals surface area contributed by atoms with E-state index in [2.05, 4.69) is 468 Å². The predicted octanol–water partition coefficient (Wildman–Crippen LogP) is 35.4. The largest absolute Gasteiger partial charge is 0.455 e. The smallest absolute Gasteiger partial charge is 0.152 e. The van der Waals surface area contributed by atoms with Crippen molar-refractivity contribution in [1.82, 2.24) is 4.98 Å². The Bertz CT molecular complexity index is 7160. The van der Waals surface area contributed by atoms with E-state index in [-0.39, 0.29) is 16.2 Å². The molecule has 0 aliphatic heterocycles. The number of ether oxygens (including phenoxy) is 2. The molecule has 0 atom stereocenters. The fraction of sp³-hybridized carbons (Fsp3) is 0.0703. The standard InChI is InChI=1S/2C45H35NO.C38H30N2/c2*1-45(2)41-21-13-12-20-39(41)40-28-27-37(31-42(40)45)46(36-25-22-34(23-26-36)32-14-6-3-7-15-32)43-29-24-35(33-16-8-4-9-17-33)30-44(43)47-38-18-10-5-11-19-38;1-38(2)36-13-7-6-12-34(36)35-23-22-33(25-37(35)38)40(31-18-14-28(15-19-31)27-9-4-3-5-10-27)32-20-16-29(17-21-32)30-11-8-24-39-26-30/h2*3-31H,1-2H3;3-26H,1-2H3. The summed E-state index contributed by atoms with van der Waals surface area (Å²) < 4.78 is 13.5. The summed E-state index contributed by atoms with van der Waals surface area (Å²) in [6, 6.07) is 172. The van der Waals surface area contributed by atoms with Gasteiger partial charge < -0.3 is 24.2 Å². The zero-order chi connectivity index (χ0) is 90.7. The van der Waals surface area contributed by atoms with E-state index in [1.165, 1.54) is 100 Å². The van der Waals surface area contributed by atoms with Crippen molar-refractivity contribution >= 4 is 51.2 Å². The number of nitrogens with zero attached hydrogens (tertiary/aromatic N) is 4. The first-order valence-corrected chi connectivity index (χ1v) is 46.2. The fourth-order valence-corrected chi connectivity index (χ4v) is 19.8. The van der Waals surface area contributed by atoms with Gasteiger partial charge in [-0.2, -0.15) is 0 Å². The molecule has 0 amide bonds. The maximum atomic E-state index is 6.73. The van der Waals surface area contributed by atoms with Crippen LogP contribution in [0.5, 0.6) is 23.0 Å². The maximum Gasteiger partial charge on any atom is 0.152 e. The van der Waals surface area contributed by atoms with Crippen LogP contribution in [0.4, 0.5) is 51.2 Å². The zero-order valence-electron chi connectivity index (χ0n) is 75.9. The van der Waals surface area contributed by atoms with Gasteiger partial charge in [0.2, 0.25) is 0 Å². The number of benzene rings is 19. The van der Waals surface area contributed by atoms with E-state index in [4.69, 9.17) is 9.47 Å². The first kappa shape index (κ1) is 84.2. The van der Waals surface area contributed by atoms with Crippen molar-refractivity contribution in [1.29, 1.82) is 0 Å². The molecule has 0 unspecified atom stereocenters. The third-order valence-corrected chi connectivity index (χ3v) is 26.9. The van der Waals surface area contributed by atoms with Gasteiger partial charge in [0.1, 0.15) is 11.5 Å². The van der Waals surface area contributed by atoms with Crippen molar-refractivity contribution in [2.75, 3.05) is 14.7 Å². The summed E-state index contributed by atoms with van der Waals surface area (Å²) in [5.74, 6) is 3.16. The van der Waals surface area contributed by atoms with E-state index in [0.29, 0.717) is 0 Å². The second-order valence-corrected chi connectivity index (χ2v) is 36.2. The van der Waals surface area contributed by atoms with Crippen LogP contribution in [0.15, 0.2) is 498 Å². The molecule has 6 heteroatoms. The Morgan fingerprint density at radius 1 is 0.179 bits per heavy atom. The summed E-state index contributed by atoms with van der Waals surface area (Å²) in [6.45, 7) is 14.0. The Morgan fingerprint density at radius 3 is 0.716 bits per heavy atom. The molecule has 0 spiro atoms. The number of rotatable bonds is 19. The molecule has 3 aliphatic rings. The normalized spacial score (nSPS) is 12.7. The van der Waals surface area contributed by atoms with Gasteiger partial charge in [0.25, 0.3) is 0 Å². The molecule has 6 nitrogen and oxygen atoms in total. The molecular formula is C128H100N4O2. The van der Waals surface area contributed by atoms with E-state index in [9.17, 15) is 0 Å². The third-order valence-electron chi connectivity index (χ3n) is 26.9. The molecule has 0 fully saturated rings. The van der Waals surface area contributed by atoms with Crippen LogP contribution in [-0.2, 0) is 16.2 Å². The number of para-hydroxylation sites is 2. The summed E-state index contributed by atoms with van der Waals surface area (Å²) in [5, 5.41) is 0. The minimum atomic E-state index is -0.120. The van der Waals surface area contributed by atoms with Crippen molar-refractivity contribution in [3.63, 3.8) is 0 Å². The average Bonchev–Trinajstić information content (AvgIpc) is 1.58. The number of fused-ring (bicyclic) bond motifs is 9. The first-order chi connectivity index (χ1) is 65.7. The van der Waals surface area contributed by atoms with Gasteiger partial charge in [0.15, 0.2) is 11.5 Å². The molecule has 23 rings (SSSR count). The Labute approximate surface area is 787 Å². The monoisotopic (exact) mass is 1720 g/mol. The Kier molecular flexibility index (Phi) is 22.8. The lowest BCUT2D eigenvalue weighted by Crippen LogP contribution is -2.16. The van der Waals surface area contributed by atoms with Crippen molar-refractivity contribution in [3.8, 4) is 123 Å². The highest BCUT2D eigenvalue weighted by Gasteiger charge is 2.40. The Hall–Kier alpha value is -16.7. The summed E-state index contributed by atoms with van der Waals surface area (Å²) >= 11 is 0. The van der Waals surface area contributed by atoms with Gasteiger partial charge in [-0.05, 0) is 273 Å². The summed E-state index contributed by atoms with van der Waals surface area (Å²) in [6.07, 6.45) is 3.72. The van der Waals surface area contributed by atoms with E-state index in [1.807, 2.05) is 91.3 Å². The lowest BCUT2D eigenvalue weighted by Gasteiger charge is -2.30. The highest BCUT2D eigenvalue weighted by atomic mass is 16.5. The number of aromatic nitrogens is 1. The second kappa shape index (κ2) is 36.3. The molecule has 3 aliphatic carbocycles. The molecule has 1 heterocycles. The summed E-state index contributed by atoms with van der Waals surface area (Å²) in [4.78, 5) is 11.3. The average molecular weight is 1730 g/mol. The van der Waals surface area contributed by atoms with E-state index in [0.717, 1.165) is 108 Å². The minimum Gasteiger partial charge on any atom is -0.455 e. The van der Waals surface area contributed by atoms with Gasteiger partial charge in [0.05, 0.1) is 11.4 Å². The van der Waals surface area contributed by atoms with Crippen LogP contribution in [0.2, 0.25) is 0 Å². The number of hydrogen-bond acceptors (Lipinski definition) is 6. The molecule has 0 saturated heterocycles. The first-order valence-electron chi connectivity index (χ1n) is 46.2. The molecule has 134 heavy (non-hydrogen) atoms. The van der Waals surface area contributed by atoms with Gasteiger partial charge in [-0.25, -0.2) is 0 Å². The quantitative estimate of drug-likeness (QED) is 0.0804. The van der Waals surface area contributed by atoms with Crippen LogP contribution in [0.1, 0.15) is 74.9 Å². The van der Waals surface area contributed by atoms with Crippen molar-refractivity contribution in [2.45, 2.75) is 57.8 Å². The van der Waals surface area contributed by atoms with Crippen molar-refractivity contribution in [2.24, 2.45) is 0 Å². The van der Waals surface area contributed by atoms with Gasteiger partial charge >= 0.3 is 0 Å². The van der Waals surface area contributed by atoms with Gasteiger partial charge in [-0.3, -0.25) is 4.98 Å². The van der Waals surface area contributed by atoms with Crippen LogP contribution in [0.3, 0.4) is 0 Å². The van der Waals surface area contributed by atoms with Gasteiger partial charge in [-0.1, -0.05) is 387 Å². The van der Waals surface area contributed by atoms with E-state index >= 15 is 0 Å². The Balaban J connectivity index is 0.000000121. The topological polar surface area (TPSA) is 41.1 Å². The molecule has 644 valence electrons. The fourth-order valence-electron chi connectivity index (χ4n) is 19.8. The number of pyridine rings is 1.